The van der Waals surface area contributed by atoms with Gasteiger partial charge in [0, 0.05) is 37.6 Å². The van der Waals surface area contributed by atoms with Gasteiger partial charge in [0.25, 0.3) is 0 Å². The fourth-order valence-corrected chi connectivity index (χ4v) is 2.73. The molecule has 1 aromatic rings. The molecular weight excluding hydrogens is 234 g/mol. The van der Waals surface area contributed by atoms with Gasteiger partial charge in [-0.05, 0) is 44.5 Å². The summed E-state index contributed by atoms with van der Waals surface area (Å²) in [7, 11) is 2.20. The van der Waals surface area contributed by atoms with Crippen molar-refractivity contribution in [1.82, 2.24) is 15.2 Å². The Bertz CT molecular complexity index is 346. The summed E-state index contributed by atoms with van der Waals surface area (Å²) in [6, 6.07) is 5.51. The van der Waals surface area contributed by atoms with E-state index in [1.165, 1.54) is 37.7 Å². The predicted octanol–water partition coefficient (Wildman–Crippen LogP) is 2.82. The topological polar surface area (TPSA) is 28.2 Å². The second-order valence-corrected chi connectivity index (χ2v) is 5.86. The number of pyridine rings is 1. The third-order valence-corrected chi connectivity index (χ3v) is 4.24. The Morgan fingerprint density at radius 2 is 1.95 bits per heavy atom. The molecule has 19 heavy (non-hydrogen) atoms. The molecule has 1 atom stereocenters. The Balaban J connectivity index is 1.71. The zero-order valence-electron chi connectivity index (χ0n) is 12.3. The zero-order chi connectivity index (χ0) is 13.5. The quantitative estimate of drug-likeness (QED) is 0.853. The Morgan fingerprint density at radius 1 is 1.26 bits per heavy atom. The van der Waals surface area contributed by atoms with E-state index in [0.717, 1.165) is 19.1 Å². The maximum Gasteiger partial charge on any atom is 0.0271 e. The first-order chi connectivity index (χ1) is 9.25. The standard InChI is InChI=1S/C16H27N3/c1-14(12-18-16-6-4-3-5-7-16)19(2)13-15-8-10-17-11-9-15/h8-11,14,16,18H,3-7,12-13H2,1-2H3. The van der Waals surface area contributed by atoms with Crippen molar-refractivity contribution in [1.29, 1.82) is 0 Å². The second kappa shape index (κ2) is 7.61. The van der Waals surface area contributed by atoms with Gasteiger partial charge < -0.3 is 5.32 Å². The third kappa shape index (κ3) is 4.92. The molecule has 0 amide bonds. The van der Waals surface area contributed by atoms with Gasteiger partial charge in [-0.25, -0.2) is 0 Å². The number of nitrogens with one attached hydrogen (secondary N) is 1. The first-order valence-corrected chi connectivity index (χ1v) is 7.58. The van der Waals surface area contributed by atoms with E-state index in [4.69, 9.17) is 0 Å². The van der Waals surface area contributed by atoms with Crippen LogP contribution < -0.4 is 5.32 Å². The molecular formula is C16H27N3. The van der Waals surface area contributed by atoms with Crippen LogP contribution in [0.25, 0.3) is 0 Å². The number of hydrogen-bond acceptors (Lipinski definition) is 3. The van der Waals surface area contributed by atoms with E-state index < -0.39 is 0 Å². The molecule has 0 aromatic carbocycles. The van der Waals surface area contributed by atoms with E-state index in [-0.39, 0.29) is 0 Å². The van der Waals surface area contributed by atoms with E-state index in [9.17, 15) is 0 Å². The highest BCUT2D eigenvalue weighted by atomic mass is 15.1. The number of hydrogen-bond donors (Lipinski definition) is 1. The van der Waals surface area contributed by atoms with Crippen molar-refractivity contribution in [3.8, 4) is 0 Å². The molecule has 0 bridgehead atoms. The molecule has 1 aliphatic carbocycles. The summed E-state index contributed by atoms with van der Waals surface area (Å²) in [5.41, 5.74) is 1.34. The minimum absolute atomic E-state index is 0.565. The van der Waals surface area contributed by atoms with Gasteiger partial charge in [-0.15, -0.1) is 0 Å². The van der Waals surface area contributed by atoms with Gasteiger partial charge in [0.1, 0.15) is 0 Å². The monoisotopic (exact) mass is 261 g/mol. The third-order valence-electron chi connectivity index (χ3n) is 4.24. The van der Waals surface area contributed by atoms with Crippen LogP contribution in [0.4, 0.5) is 0 Å². The van der Waals surface area contributed by atoms with Crippen LogP contribution in [0.2, 0.25) is 0 Å². The summed E-state index contributed by atoms with van der Waals surface area (Å²) >= 11 is 0. The van der Waals surface area contributed by atoms with Crippen LogP contribution in [0.5, 0.6) is 0 Å². The highest BCUT2D eigenvalue weighted by molar-refractivity contribution is 5.09. The average Bonchev–Trinajstić information content (AvgIpc) is 2.47. The Kier molecular flexibility index (Phi) is 5.80. The van der Waals surface area contributed by atoms with Crippen molar-refractivity contribution < 1.29 is 0 Å². The van der Waals surface area contributed by atoms with Crippen molar-refractivity contribution in [3.63, 3.8) is 0 Å². The Labute approximate surface area is 117 Å². The van der Waals surface area contributed by atoms with Crippen LogP contribution >= 0.6 is 0 Å². The summed E-state index contributed by atoms with van der Waals surface area (Å²) in [5.74, 6) is 0. The number of likely N-dealkylation sites (N-methyl/N-ethyl adjacent to an activating group) is 1. The molecule has 1 fully saturated rings. The van der Waals surface area contributed by atoms with Crippen LogP contribution in [0.1, 0.15) is 44.6 Å². The fourth-order valence-electron chi connectivity index (χ4n) is 2.73. The minimum atomic E-state index is 0.565. The van der Waals surface area contributed by atoms with Crippen molar-refractivity contribution in [3.05, 3.63) is 30.1 Å². The molecule has 1 aromatic heterocycles. The first-order valence-electron chi connectivity index (χ1n) is 7.58. The molecule has 0 spiro atoms. The normalized spacial score (nSPS) is 18.7. The summed E-state index contributed by atoms with van der Waals surface area (Å²) in [6.07, 6.45) is 10.7. The summed E-state index contributed by atoms with van der Waals surface area (Å²) in [6.45, 7) is 4.39. The SMILES string of the molecule is CC(CNC1CCCCC1)N(C)Cc1ccncc1. The summed E-state index contributed by atoms with van der Waals surface area (Å²) in [5, 5.41) is 3.73. The maximum atomic E-state index is 4.06. The van der Waals surface area contributed by atoms with E-state index in [1.807, 2.05) is 12.4 Å². The minimum Gasteiger partial charge on any atom is -0.312 e. The molecule has 2 rings (SSSR count). The van der Waals surface area contributed by atoms with Crippen molar-refractivity contribution in [2.75, 3.05) is 13.6 Å². The van der Waals surface area contributed by atoms with Crippen LogP contribution in [0.15, 0.2) is 24.5 Å². The van der Waals surface area contributed by atoms with Gasteiger partial charge in [-0.3, -0.25) is 9.88 Å². The van der Waals surface area contributed by atoms with E-state index in [1.54, 1.807) is 0 Å². The molecule has 1 heterocycles. The molecule has 0 aliphatic heterocycles. The summed E-state index contributed by atoms with van der Waals surface area (Å²) < 4.78 is 0. The lowest BCUT2D eigenvalue weighted by molar-refractivity contribution is 0.230. The highest BCUT2D eigenvalue weighted by Gasteiger charge is 2.15. The van der Waals surface area contributed by atoms with Crippen LogP contribution in [0, 0.1) is 0 Å². The molecule has 3 nitrogen and oxygen atoms in total. The lowest BCUT2D eigenvalue weighted by atomic mass is 9.95. The van der Waals surface area contributed by atoms with E-state index in [0.29, 0.717) is 6.04 Å². The smallest absolute Gasteiger partial charge is 0.0271 e. The van der Waals surface area contributed by atoms with Gasteiger partial charge in [0.2, 0.25) is 0 Å². The number of aromatic nitrogens is 1. The molecule has 1 unspecified atom stereocenters. The zero-order valence-corrected chi connectivity index (χ0v) is 12.3. The molecule has 0 radical (unpaired) electrons. The van der Waals surface area contributed by atoms with Gasteiger partial charge in [0.05, 0.1) is 0 Å². The van der Waals surface area contributed by atoms with Crippen molar-refractivity contribution in [2.45, 2.75) is 57.7 Å². The molecule has 1 N–H and O–H groups in total. The van der Waals surface area contributed by atoms with Crippen LogP contribution in [0.3, 0.4) is 0 Å². The second-order valence-electron chi connectivity index (χ2n) is 5.86. The largest absolute Gasteiger partial charge is 0.312 e. The van der Waals surface area contributed by atoms with Crippen molar-refractivity contribution in [2.24, 2.45) is 0 Å². The lowest BCUT2D eigenvalue weighted by Crippen LogP contribution is -2.42. The predicted molar refractivity (Wildman–Crippen MR) is 80.0 cm³/mol. The van der Waals surface area contributed by atoms with Crippen molar-refractivity contribution >= 4 is 0 Å². The lowest BCUT2D eigenvalue weighted by Gasteiger charge is -2.29. The molecule has 1 aliphatic rings. The molecule has 106 valence electrons. The van der Waals surface area contributed by atoms with Crippen LogP contribution in [-0.2, 0) is 6.54 Å². The van der Waals surface area contributed by atoms with Gasteiger partial charge in [-0.1, -0.05) is 19.3 Å². The van der Waals surface area contributed by atoms with E-state index in [2.05, 4.69) is 41.3 Å². The molecule has 3 heteroatoms. The van der Waals surface area contributed by atoms with Gasteiger partial charge in [-0.2, -0.15) is 0 Å². The number of nitrogens with zero attached hydrogens (tertiary/aromatic N) is 2. The molecule has 1 saturated carbocycles. The molecule has 0 saturated heterocycles. The number of rotatable bonds is 6. The summed E-state index contributed by atoms with van der Waals surface area (Å²) in [4.78, 5) is 6.47. The maximum absolute atomic E-state index is 4.06. The highest BCUT2D eigenvalue weighted by Crippen LogP contribution is 2.17. The van der Waals surface area contributed by atoms with Crippen LogP contribution in [-0.4, -0.2) is 35.6 Å². The Hall–Kier alpha value is -0.930. The Morgan fingerprint density at radius 3 is 2.63 bits per heavy atom. The first kappa shape index (κ1) is 14.5. The average molecular weight is 261 g/mol. The fraction of sp³-hybridized carbons (Fsp3) is 0.688. The van der Waals surface area contributed by atoms with Gasteiger partial charge in [0.15, 0.2) is 0 Å². The van der Waals surface area contributed by atoms with Gasteiger partial charge >= 0.3 is 0 Å². The van der Waals surface area contributed by atoms with E-state index >= 15 is 0 Å².